The third-order valence-corrected chi connectivity index (χ3v) is 7.86. The van der Waals surface area contributed by atoms with Crippen molar-refractivity contribution in [3.63, 3.8) is 0 Å². The van der Waals surface area contributed by atoms with Gasteiger partial charge >= 0.3 is 6.03 Å². The largest absolute Gasteiger partial charge is 0.325 e. The number of ketones is 1. The average molecular weight is 411 g/mol. The number of amides is 3. The minimum absolute atomic E-state index is 0.0121. The summed E-state index contributed by atoms with van der Waals surface area (Å²) < 4.78 is 0. The maximum Gasteiger partial charge on any atom is 0.325 e. The van der Waals surface area contributed by atoms with Crippen molar-refractivity contribution in [1.29, 1.82) is 0 Å². The number of urea groups is 1. The number of hydrogen-bond acceptors (Lipinski definition) is 5. The van der Waals surface area contributed by atoms with Crippen LogP contribution in [0.1, 0.15) is 51.0 Å². The SMILES string of the molecule is C[C@]1(c2ccc([N+](=O)[O-])cc2)NC(=O)N(CC(=O)C23CC4CC(CC(C4)C2)C3)C1=O. The molecule has 0 spiro atoms. The molecular weight excluding hydrogens is 386 g/mol. The Hall–Kier alpha value is -2.77. The molecule has 30 heavy (non-hydrogen) atoms. The second-order valence-corrected chi connectivity index (χ2v) is 9.87. The highest BCUT2D eigenvalue weighted by Gasteiger charge is 2.56. The van der Waals surface area contributed by atoms with E-state index in [1.54, 1.807) is 6.92 Å². The van der Waals surface area contributed by atoms with Crippen molar-refractivity contribution in [2.24, 2.45) is 23.2 Å². The van der Waals surface area contributed by atoms with Gasteiger partial charge in [0.15, 0.2) is 5.78 Å². The summed E-state index contributed by atoms with van der Waals surface area (Å²) in [5.74, 6) is 1.34. The smallest absolute Gasteiger partial charge is 0.319 e. The van der Waals surface area contributed by atoms with Gasteiger partial charge in [-0.1, -0.05) is 0 Å². The van der Waals surface area contributed by atoms with E-state index in [4.69, 9.17) is 0 Å². The molecule has 0 unspecified atom stereocenters. The molecule has 1 heterocycles. The maximum absolute atomic E-state index is 13.4. The van der Waals surface area contributed by atoms with E-state index in [0.29, 0.717) is 23.3 Å². The molecule has 1 aliphatic heterocycles. The molecular formula is C22H25N3O5. The normalized spacial score (nSPS) is 36.8. The zero-order valence-electron chi connectivity index (χ0n) is 16.9. The van der Waals surface area contributed by atoms with Crippen LogP contribution in [-0.4, -0.2) is 34.1 Å². The number of non-ortho nitro benzene ring substituents is 1. The first-order valence-corrected chi connectivity index (χ1v) is 10.6. The fourth-order valence-corrected chi connectivity index (χ4v) is 6.72. The first kappa shape index (κ1) is 19.2. The predicted molar refractivity (Wildman–Crippen MR) is 106 cm³/mol. The number of rotatable bonds is 5. The standard InChI is InChI=1S/C22H25N3O5/c1-21(16-2-4-17(5-3-16)25(29)30)19(27)24(20(28)23-21)12-18(26)22-9-13-6-14(10-22)8-15(7-13)11-22/h2-5,13-15H,6-12H2,1H3,(H,23,28)/t13?,14?,15?,21-,22?/m1/s1. The van der Waals surface area contributed by atoms with E-state index in [1.165, 1.54) is 43.5 Å². The molecule has 0 aromatic heterocycles. The van der Waals surface area contributed by atoms with Crippen molar-refractivity contribution in [3.8, 4) is 0 Å². The van der Waals surface area contributed by atoms with Gasteiger partial charge in [-0.25, -0.2) is 4.79 Å². The lowest BCUT2D eigenvalue weighted by Crippen LogP contribution is -2.53. The highest BCUT2D eigenvalue weighted by atomic mass is 16.6. The van der Waals surface area contributed by atoms with E-state index in [-0.39, 0.29) is 23.4 Å². The van der Waals surface area contributed by atoms with E-state index in [1.807, 2.05) is 0 Å². The Labute approximate surface area is 174 Å². The van der Waals surface area contributed by atoms with Crippen LogP contribution in [0.4, 0.5) is 10.5 Å². The minimum Gasteiger partial charge on any atom is -0.319 e. The van der Waals surface area contributed by atoms with Crippen LogP contribution in [0, 0.1) is 33.3 Å². The Morgan fingerprint density at radius 1 is 1.10 bits per heavy atom. The topological polar surface area (TPSA) is 110 Å². The molecule has 158 valence electrons. The van der Waals surface area contributed by atoms with Crippen LogP contribution in [0.15, 0.2) is 24.3 Å². The summed E-state index contributed by atoms with van der Waals surface area (Å²) in [6.45, 7) is 1.38. The first-order valence-electron chi connectivity index (χ1n) is 10.6. The lowest BCUT2D eigenvalue weighted by atomic mass is 9.48. The van der Waals surface area contributed by atoms with E-state index in [2.05, 4.69) is 5.32 Å². The molecule has 8 heteroatoms. The third-order valence-electron chi connectivity index (χ3n) is 7.86. The molecule has 0 radical (unpaired) electrons. The summed E-state index contributed by atoms with van der Waals surface area (Å²) >= 11 is 0. The number of nitro benzene ring substituents is 1. The lowest BCUT2D eigenvalue weighted by molar-refractivity contribution is -0.384. The van der Waals surface area contributed by atoms with Gasteiger partial charge in [-0.2, -0.15) is 0 Å². The maximum atomic E-state index is 13.4. The Balaban J connectivity index is 1.36. The number of benzene rings is 1. The van der Waals surface area contributed by atoms with Crippen molar-refractivity contribution in [2.45, 2.75) is 51.0 Å². The molecule has 1 aromatic rings. The van der Waals surface area contributed by atoms with Gasteiger partial charge in [0.1, 0.15) is 5.54 Å². The molecule has 1 aromatic carbocycles. The van der Waals surface area contributed by atoms with Gasteiger partial charge in [0.05, 0.1) is 11.5 Å². The zero-order chi connectivity index (χ0) is 21.3. The summed E-state index contributed by atoms with van der Waals surface area (Å²) in [6.07, 6.45) is 6.32. The third kappa shape index (κ3) is 2.76. The molecule has 6 rings (SSSR count). The van der Waals surface area contributed by atoms with Gasteiger partial charge in [0, 0.05) is 17.5 Å². The van der Waals surface area contributed by atoms with E-state index >= 15 is 0 Å². The summed E-state index contributed by atoms with van der Waals surface area (Å²) in [6, 6.07) is 4.98. The molecule has 1 saturated heterocycles. The molecule has 5 fully saturated rings. The lowest BCUT2D eigenvalue weighted by Gasteiger charge is -2.56. The highest BCUT2D eigenvalue weighted by molar-refractivity contribution is 6.09. The molecule has 4 bridgehead atoms. The van der Waals surface area contributed by atoms with Crippen LogP contribution >= 0.6 is 0 Å². The summed E-state index contributed by atoms with van der Waals surface area (Å²) in [5.41, 5.74) is -1.35. The molecule has 3 amide bonds. The Morgan fingerprint density at radius 2 is 1.63 bits per heavy atom. The van der Waals surface area contributed by atoms with Crippen LogP contribution in [0.3, 0.4) is 0 Å². The quantitative estimate of drug-likeness (QED) is 0.455. The van der Waals surface area contributed by atoms with Crippen molar-refractivity contribution in [3.05, 3.63) is 39.9 Å². The number of nitro groups is 1. The zero-order valence-corrected chi connectivity index (χ0v) is 16.9. The Kier molecular flexibility index (Phi) is 4.07. The van der Waals surface area contributed by atoms with E-state index in [0.717, 1.165) is 24.2 Å². The summed E-state index contributed by atoms with van der Waals surface area (Å²) in [4.78, 5) is 50.6. The summed E-state index contributed by atoms with van der Waals surface area (Å²) in [7, 11) is 0. The van der Waals surface area contributed by atoms with Crippen LogP contribution in [-0.2, 0) is 15.1 Å². The fourth-order valence-electron chi connectivity index (χ4n) is 6.72. The fraction of sp³-hybridized carbons (Fsp3) is 0.591. The van der Waals surface area contributed by atoms with Gasteiger partial charge in [0.2, 0.25) is 0 Å². The second kappa shape index (κ2) is 6.36. The van der Waals surface area contributed by atoms with Crippen LogP contribution in [0.2, 0.25) is 0 Å². The minimum atomic E-state index is -1.34. The molecule has 4 aliphatic carbocycles. The van der Waals surface area contributed by atoms with Gasteiger partial charge < -0.3 is 5.32 Å². The van der Waals surface area contributed by atoms with Crippen LogP contribution < -0.4 is 5.32 Å². The average Bonchev–Trinajstić information content (AvgIpc) is 2.91. The highest BCUT2D eigenvalue weighted by Crippen LogP contribution is 2.60. The van der Waals surface area contributed by atoms with Gasteiger partial charge in [-0.05, 0) is 80.9 Å². The van der Waals surface area contributed by atoms with E-state index < -0.39 is 22.4 Å². The van der Waals surface area contributed by atoms with Gasteiger partial charge in [-0.15, -0.1) is 0 Å². The Morgan fingerprint density at radius 3 is 2.13 bits per heavy atom. The molecule has 1 atom stereocenters. The number of nitrogens with one attached hydrogen (secondary N) is 1. The number of nitrogens with zero attached hydrogens (tertiary/aromatic N) is 2. The number of carbonyl (C=O) groups is 3. The van der Waals surface area contributed by atoms with Crippen molar-refractivity contribution >= 4 is 23.4 Å². The second-order valence-electron chi connectivity index (χ2n) is 9.87. The molecule has 4 saturated carbocycles. The number of Topliss-reactive ketones (excluding diaryl/α,β-unsaturated/α-hetero) is 1. The summed E-state index contributed by atoms with van der Waals surface area (Å²) in [5, 5.41) is 13.6. The van der Waals surface area contributed by atoms with Crippen molar-refractivity contribution in [2.75, 3.05) is 6.54 Å². The first-order chi connectivity index (χ1) is 14.2. The van der Waals surface area contributed by atoms with E-state index in [9.17, 15) is 24.5 Å². The number of hydrogen-bond donors (Lipinski definition) is 1. The van der Waals surface area contributed by atoms with Gasteiger partial charge in [-0.3, -0.25) is 24.6 Å². The number of carbonyl (C=O) groups excluding carboxylic acids is 3. The van der Waals surface area contributed by atoms with Crippen molar-refractivity contribution < 1.29 is 19.3 Å². The van der Waals surface area contributed by atoms with Crippen molar-refractivity contribution in [1.82, 2.24) is 10.2 Å². The molecule has 8 nitrogen and oxygen atoms in total. The predicted octanol–water partition coefficient (Wildman–Crippen LogP) is 3.15. The Bertz CT molecular complexity index is 921. The monoisotopic (exact) mass is 411 g/mol. The number of imide groups is 1. The van der Waals surface area contributed by atoms with Crippen LogP contribution in [0.25, 0.3) is 0 Å². The van der Waals surface area contributed by atoms with Gasteiger partial charge in [0.25, 0.3) is 11.6 Å². The molecule has 5 aliphatic rings. The van der Waals surface area contributed by atoms with Crippen LogP contribution in [0.5, 0.6) is 0 Å². The molecule has 1 N–H and O–H groups in total.